The van der Waals surface area contributed by atoms with Crippen LogP contribution in [0.25, 0.3) is 0 Å². The topological polar surface area (TPSA) is 131 Å². The molecular weight excluding hydrogens is 568 g/mol. The number of thiophene rings is 1. The quantitative estimate of drug-likeness (QED) is 0.224. The number of hydrogen-bond donors (Lipinski definition) is 3. The SMILES string of the molecule is CC(NC(=O)OC(C)(C)C)C(=O)OC1CCCCC1.CC1CCC(C(=O)Nc2cc(C#CC(C)(C)C)sc2C(=O)O)CC1. The van der Waals surface area contributed by atoms with Gasteiger partial charge >= 0.3 is 18.0 Å². The van der Waals surface area contributed by atoms with Gasteiger partial charge in [-0.05, 0) is 112 Å². The summed E-state index contributed by atoms with van der Waals surface area (Å²) in [6, 6.07) is 0.993. The van der Waals surface area contributed by atoms with Crippen molar-refractivity contribution in [3.8, 4) is 11.8 Å². The molecule has 2 fully saturated rings. The van der Waals surface area contributed by atoms with Crippen LogP contribution in [0.4, 0.5) is 10.5 Å². The summed E-state index contributed by atoms with van der Waals surface area (Å²) in [6.45, 7) is 15.1. The first-order chi connectivity index (χ1) is 19.9. The number of aromatic carboxylic acids is 1. The molecule has 0 saturated heterocycles. The molecule has 2 saturated carbocycles. The predicted molar refractivity (Wildman–Crippen MR) is 169 cm³/mol. The van der Waals surface area contributed by atoms with Crippen LogP contribution in [0, 0.1) is 29.1 Å². The molecule has 2 amide bonds. The highest BCUT2D eigenvalue weighted by Gasteiger charge is 2.27. The van der Waals surface area contributed by atoms with Crippen LogP contribution in [0.2, 0.25) is 0 Å². The van der Waals surface area contributed by atoms with Crippen molar-refractivity contribution in [2.75, 3.05) is 5.32 Å². The van der Waals surface area contributed by atoms with Gasteiger partial charge in [0.05, 0.1) is 10.6 Å². The smallest absolute Gasteiger partial charge is 0.408 e. The number of amides is 2. The maximum absolute atomic E-state index is 12.4. The van der Waals surface area contributed by atoms with Crippen LogP contribution >= 0.6 is 11.3 Å². The minimum Gasteiger partial charge on any atom is -0.477 e. The Morgan fingerprint density at radius 3 is 2.12 bits per heavy atom. The molecule has 10 heteroatoms. The Balaban J connectivity index is 0.000000309. The summed E-state index contributed by atoms with van der Waals surface area (Å²) in [5, 5.41) is 14.7. The number of hydrogen-bond acceptors (Lipinski definition) is 7. The standard InChI is InChI=1S/C19H25NO3S.C14H25NO4/c1-12-5-7-13(8-6-12)17(21)20-15-11-14(9-10-19(2,3)4)24-16(15)18(22)23;1-10(15-13(17)19-14(2,3)4)12(16)18-11-8-6-5-7-9-11/h11-13H,5-8H2,1-4H3,(H,20,21)(H,22,23);10-11H,5-9H2,1-4H3,(H,15,17). The van der Waals surface area contributed by atoms with Crippen molar-refractivity contribution in [1.82, 2.24) is 5.32 Å². The molecule has 0 bridgehead atoms. The van der Waals surface area contributed by atoms with Gasteiger partial charge in [-0.3, -0.25) is 4.79 Å². The number of carboxylic acids is 1. The lowest BCUT2D eigenvalue weighted by atomic mass is 9.82. The van der Waals surface area contributed by atoms with Gasteiger partial charge in [0.1, 0.15) is 22.6 Å². The third kappa shape index (κ3) is 13.8. The summed E-state index contributed by atoms with van der Waals surface area (Å²) < 4.78 is 10.5. The second-order valence-electron chi connectivity index (χ2n) is 13.7. The van der Waals surface area contributed by atoms with E-state index in [0.717, 1.165) is 62.7 Å². The number of anilines is 1. The van der Waals surface area contributed by atoms with Gasteiger partial charge in [0.25, 0.3) is 0 Å². The summed E-state index contributed by atoms with van der Waals surface area (Å²) in [6.07, 6.45) is 8.51. The lowest BCUT2D eigenvalue weighted by Gasteiger charge is -2.25. The van der Waals surface area contributed by atoms with Crippen LogP contribution in [0.15, 0.2) is 6.07 Å². The summed E-state index contributed by atoms with van der Waals surface area (Å²) in [5.41, 5.74) is -0.360. The maximum Gasteiger partial charge on any atom is 0.408 e. The van der Waals surface area contributed by atoms with Crippen molar-refractivity contribution in [2.45, 2.75) is 131 Å². The van der Waals surface area contributed by atoms with Crippen molar-refractivity contribution in [3.05, 3.63) is 15.8 Å². The average Bonchev–Trinajstić information content (AvgIpc) is 3.30. The van der Waals surface area contributed by atoms with Gasteiger partial charge < -0.3 is 25.2 Å². The highest BCUT2D eigenvalue weighted by Crippen LogP contribution is 2.32. The zero-order valence-corrected chi connectivity index (χ0v) is 27.9. The predicted octanol–water partition coefficient (Wildman–Crippen LogP) is 7.38. The van der Waals surface area contributed by atoms with E-state index in [-0.39, 0.29) is 28.2 Å². The van der Waals surface area contributed by atoms with Crippen molar-refractivity contribution < 1.29 is 33.8 Å². The molecule has 43 heavy (non-hydrogen) atoms. The van der Waals surface area contributed by atoms with Crippen LogP contribution in [0.3, 0.4) is 0 Å². The first-order valence-electron chi connectivity index (χ1n) is 15.3. The van der Waals surface area contributed by atoms with E-state index >= 15 is 0 Å². The fourth-order valence-electron chi connectivity index (χ4n) is 4.70. The molecule has 0 aromatic carbocycles. The molecule has 0 radical (unpaired) electrons. The Bertz CT molecular complexity index is 1170. The number of carbonyl (C=O) groups excluding carboxylic acids is 3. The summed E-state index contributed by atoms with van der Waals surface area (Å²) >= 11 is 1.11. The Labute approximate surface area is 260 Å². The second kappa shape index (κ2) is 16.1. The number of alkyl carbamates (subject to hydrolysis) is 1. The largest absolute Gasteiger partial charge is 0.477 e. The van der Waals surface area contributed by atoms with E-state index in [1.807, 2.05) is 20.8 Å². The van der Waals surface area contributed by atoms with Gasteiger partial charge in [0, 0.05) is 11.3 Å². The lowest BCUT2D eigenvalue weighted by molar-refractivity contribution is -0.152. The fourth-order valence-corrected chi connectivity index (χ4v) is 5.51. The van der Waals surface area contributed by atoms with Crippen LogP contribution in [0.5, 0.6) is 0 Å². The van der Waals surface area contributed by atoms with Crippen molar-refractivity contribution in [3.63, 3.8) is 0 Å². The molecule has 3 rings (SSSR count). The zero-order chi connectivity index (χ0) is 32.4. The number of esters is 1. The number of rotatable bonds is 6. The third-order valence-electron chi connectivity index (χ3n) is 7.05. The van der Waals surface area contributed by atoms with E-state index in [2.05, 4.69) is 29.4 Å². The molecule has 1 heterocycles. The highest BCUT2D eigenvalue weighted by molar-refractivity contribution is 7.15. The average molecular weight is 619 g/mol. The van der Waals surface area contributed by atoms with Crippen molar-refractivity contribution in [2.24, 2.45) is 17.3 Å². The maximum atomic E-state index is 12.4. The molecule has 0 spiro atoms. The van der Waals surface area contributed by atoms with Gasteiger partial charge in [0.2, 0.25) is 5.91 Å². The first-order valence-corrected chi connectivity index (χ1v) is 16.2. The molecule has 2 aliphatic carbocycles. The van der Waals surface area contributed by atoms with Gasteiger partial charge in [-0.1, -0.05) is 25.2 Å². The number of ether oxygens (including phenoxy) is 2. The Hall–Kier alpha value is -3.06. The lowest BCUT2D eigenvalue weighted by Crippen LogP contribution is -2.43. The zero-order valence-electron chi connectivity index (χ0n) is 27.1. The molecule has 0 aliphatic heterocycles. The molecule has 1 atom stereocenters. The van der Waals surface area contributed by atoms with E-state index in [9.17, 15) is 24.3 Å². The van der Waals surface area contributed by atoms with Crippen LogP contribution in [0.1, 0.15) is 128 Å². The van der Waals surface area contributed by atoms with E-state index in [1.54, 1.807) is 33.8 Å². The fraction of sp³-hybridized carbons (Fsp3) is 0.697. The minimum atomic E-state index is -1.03. The monoisotopic (exact) mass is 618 g/mol. The summed E-state index contributed by atoms with van der Waals surface area (Å²) in [5.74, 6) is 5.26. The first kappa shape index (κ1) is 36.1. The molecular formula is C33H50N2O7S. The highest BCUT2D eigenvalue weighted by atomic mass is 32.1. The Kier molecular flexibility index (Phi) is 13.6. The molecule has 1 aromatic heterocycles. The number of nitrogens with one attached hydrogen (secondary N) is 2. The normalized spacial score (nSPS) is 19.8. The van der Waals surface area contributed by atoms with E-state index in [4.69, 9.17) is 9.47 Å². The van der Waals surface area contributed by atoms with Gasteiger partial charge in [0.15, 0.2) is 0 Å². The Morgan fingerprint density at radius 1 is 0.977 bits per heavy atom. The molecule has 9 nitrogen and oxygen atoms in total. The number of carbonyl (C=O) groups is 4. The Morgan fingerprint density at radius 2 is 1.58 bits per heavy atom. The molecule has 1 aromatic rings. The molecule has 3 N–H and O–H groups in total. The third-order valence-corrected chi connectivity index (χ3v) is 8.09. The van der Waals surface area contributed by atoms with Crippen LogP contribution in [-0.2, 0) is 19.1 Å². The minimum absolute atomic E-state index is 0.00383. The molecule has 240 valence electrons. The van der Waals surface area contributed by atoms with Crippen LogP contribution < -0.4 is 10.6 Å². The van der Waals surface area contributed by atoms with Gasteiger partial charge in [-0.2, -0.15) is 0 Å². The molecule has 2 aliphatic rings. The van der Waals surface area contributed by atoms with E-state index < -0.39 is 29.7 Å². The summed E-state index contributed by atoms with van der Waals surface area (Å²) in [4.78, 5) is 48.0. The summed E-state index contributed by atoms with van der Waals surface area (Å²) in [7, 11) is 0. The van der Waals surface area contributed by atoms with E-state index in [1.165, 1.54) is 6.42 Å². The van der Waals surface area contributed by atoms with Crippen LogP contribution in [-0.4, -0.2) is 46.8 Å². The number of carboxylic acid groups (broad SMARTS) is 1. The van der Waals surface area contributed by atoms with Gasteiger partial charge in [-0.15, -0.1) is 11.3 Å². The molecule has 1 unspecified atom stereocenters. The van der Waals surface area contributed by atoms with Crippen molar-refractivity contribution >= 4 is 41.0 Å². The second-order valence-corrected chi connectivity index (χ2v) is 14.7. The van der Waals surface area contributed by atoms with Crippen molar-refractivity contribution in [1.29, 1.82) is 0 Å². The van der Waals surface area contributed by atoms with Gasteiger partial charge in [-0.25, -0.2) is 14.4 Å². The van der Waals surface area contributed by atoms with E-state index in [0.29, 0.717) is 16.5 Å².